The lowest BCUT2D eigenvalue weighted by Gasteiger charge is -2.29. The van der Waals surface area contributed by atoms with Crippen molar-refractivity contribution in [2.45, 2.75) is 19.6 Å². The third-order valence-electron chi connectivity index (χ3n) is 2.63. The number of cyclic esters (lactones) is 2. The zero-order valence-corrected chi connectivity index (χ0v) is 13.3. The van der Waals surface area contributed by atoms with Gasteiger partial charge in [-0.1, -0.05) is 28.1 Å². The largest absolute Gasteiger partial charge is 0.493 e. The van der Waals surface area contributed by atoms with Gasteiger partial charge in [-0.15, -0.1) is 0 Å². The highest BCUT2D eigenvalue weighted by Gasteiger charge is 2.38. The van der Waals surface area contributed by atoms with Gasteiger partial charge in [0.05, 0.1) is 6.61 Å². The summed E-state index contributed by atoms with van der Waals surface area (Å²) in [5.41, 5.74) is 0.526. The molecule has 112 valence electrons. The Morgan fingerprint density at radius 1 is 1.24 bits per heavy atom. The summed E-state index contributed by atoms with van der Waals surface area (Å²) in [6.07, 6.45) is 1.43. The second kappa shape index (κ2) is 6.30. The molecule has 1 saturated heterocycles. The maximum atomic E-state index is 11.9. The van der Waals surface area contributed by atoms with Crippen LogP contribution < -0.4 is 4.74 Å². The first-order valence-electron chi connectivity index (χ1n) is 6.38. The number of ether oxygens (including phenoxy) is 3. The molecule has 6 heteroatoms. The van der Waals surface area contributed by atoms with Crippen LogP contribution in [0.15, 0.2) is 29.8 Å². The van der Waals surface area contributed by atoms with Crippen molar-refractivity contribution in [3.63, 3.8) is 0 Å². The second-order valence-corrected chi connectivity index (χ2v) is 5.64. The molecule has 1 heterocycles. The Kier molecular flexibility index (Phi) is 4.67. The standard InChI is InChI=1S/C15H15BrO5/c1-15(2)20-13(17)12(14(18)21-15)9-10-4-3-5-11(8-10)19-7-6-16/h3-5,8-9H,6-7H2,1-2H3. The zero-order chi connectivity index (χ0) is 15.5. The first-order chi connectivity index (χ1) is 9.91. The fourth-order valence-corrected chi connectivity index (χ4v) is 1.96. The van der Waals surface area contributed by atoms with E-state index in [0.717, 1.165) is 0 Å². The van der Waals surface area contributed by atoms with Gasteiger partial charge in [-0.2, -0.15) is 0 Å². The van der Waals surface area contributed by atoms with Gasteiger partial charge >= 0.3 is 11.9 Å². The van der Waals surface area contributed by atoms with Crippen molar-refractivity contribution in [3.8, 4) is 5.75 Å². The molecule has 1 aromatic carbocycles. The number of halogens is 1. The number of hydrogen-bond donors (Lipinski definition) is 0. The molecule has 21 heavy (non-hydrogen) atoms. The molecule has 5 nitrogen and oxygen atoms in total. The summed E-state index contributed by atoms with van der Waals surface area (Å²) < 4.78 is 15.5. The van der Waals surface area contributed by atoms with Crippen molar-refractivity contribution < 1.29 is 23.8 Å². The lowest BCUT2D eigenvalue weighted by Crippen LogP contribution is -2.41. The SMILES string of the molecule is CC1(C)OC(=O)C(=Cc2cccc(OCCBr)c2)C(=O)O1. The van der Waals surface area contributed by atoms with Gasteiger partial charge in [-0.3, -0.25) is 0 Å². The molecular formula is C15H15BrO5. The zero-order valence-electron chi connectivity index (χ0n) is 11.7. The van der Waals surface area contributed by atoms with E-state index in [9.17, 15) is 9.59 Å². The van der Waals surface area contributed by atoms with E-state index in [0.29, 0.717) is 23.2 Å². The smallest absolute Gasteiger partial charge is 0.348 e. The Hall–Kier alpha value is -1.82. The Labute approximate surface area is 131 Å². The van der Waals surface area contributed by atoms with Crippen LogP contribution in [0, 0.1) is 0 Å². The normalized spacial score (nSPS) is 17.0. The fraction of sp³-hybridized carbons (Fsp3) is 0.333. The number of rotatable bonds is 4. The van der Waals surface area contributed by atoms with Crippen molar-refractivity contribution >= 4 is 33.9 Å². The van der Waals surface area contributed by atoms with Crippen LogP contribution in [0.2, 0.25) is 0 Å². The molecular weight excluding hydrogens is 340 g/mol. The molecule has 0 radical (unpaired) electrons. The molecule has 1 fully saturated rings. The van der Waals surface area contributed by atoms with Crippen LogP contribution in [0.5, 0.6) is 5.75 Å². The number of carbonyl (C=O) groups excluding carboxylic acids is 2. The molecule has 0 bridgehead atoms. The summed E-state index contributed by atoms with van der Waals surface area (Å²) in [7, 11) is 0. The van der Waals surface area contributed by atoms with Gasteiger partial charge in [-0.25, -0.2) is 9.59 Å². The van der Waals surface area contributed by atoms with E-state index in [-0.39, 0.29) is 5.57 Å². The van der Waals surface area contributed by atoms with E-state index in [2.05, 4.69) is 15.9 Å². The van der Waals surface area contributed by atoms with Crippen LogP contribution >= 0.6 is 15.9 Å². The highest BCUT2D eigenvalue weighted by Crippen LogP contribution is 2.25. The Bertz CT molecular complexity index is 569. The van der Waals surface area contributed by atoms with Gasteiger partial charge < -0.3 is 14.2 Å². The van der Waals surface area contributed by atoms with Crippen molar-refractivity contribution in [2.75, 3.05) is 11.9 Å². The molecule has 1 aromatic rings. The number of benzene rings is 1. The van der Waals surface area contributed by atoms with E-state index in [4.69, 9.17) is 14.2 Å². The van der Waals surface area contributed by atoms with Crippen LogP contribution in [0.1, 0.15) is 19.4 Å². The van der Waals surface area contributed by atoms with Crippen LogP contribution in [0.4, 0.5) is 0 Å². The Morgan fingerprint density at radius 3 is 2.52 bits per heavy atom. The predicted molar refractivity (Wildman–Crippen MR) is 80.0 cm³/mol. The summed E-state index contributed by atoms with van der Waals surface area (Å²) >= 11 is 3.27. The minimum absolute atomic E-state index is 0.132. The summed E-state index contributed by atoms with van der Waals surface area (Å²) in [6, 6.07) is 7.06. The highest BCUT2D eigenvalue weighted by atomic mass is 79.9. The number of esters is 2. The minimum atomic E-state index is -1.23. The minimum Gasteiger partial charge on any atom is -0.493 e. The fourth-order valence-electron chi connectivity index (χ4n) is 1.80. The molecule has 0 spiro atoms. The molecule has 0 aliphatic carbocycles. The van der Waals surface area contributed by atoms with E-state index in [1.54, 1.807) is 24.3 Å². The summed E-state index contributed by atoms with van der Waals surface area (Å²) in [6.45, 7) is 3.54. The topological polar surface area (TPSA) is 61.8 Å². The molecule has 0 N–H and O–H groups in total. The monoisotopic (exact) mass is 354 g/mol. The summed E-state index contributed by atoms with van der Waals surface area (Å²) in [4.78, 5) is 23.7. The molecule has 1 aliphatic rings. The molecule has 0 saturated carbocycles. The van der Waals surface area contributed by atoms with Gasteiger partial charge in [0, 0.05) is 19.2 Å². The second-order valence-electron chi connectivity index (χ2n) is 4.85. The van der Waals surface area contributed by atoms with E-state index in [1.807, 2.05) is 0 Å². The number of hydrogen-bond acceptors (Lipinski definition) is 5. The van der Waals surface area contributed by atoms with Gasteiger partial charge in [0.2, 0.25) is 0 Å². The summed E-state index contributed by atoms with van der Waals surface area (Å²) in [5.74, 6) is -1.96. The quantitative estimate of drug-likeness (QED) is 0.360. The number of carbonyl (C=O) groups is 2. The van der Waals surface area contributed by atoms with Crippen molar-refractivity contribution in [2.24, 2.45) is 0 Å². The van der Waals surface area contributed by atoms with Crippen LogP contribution in [-0.4, -0.2) is 29.7 Å². The van der Waals surface area contributed by atoms with Crippen LogP contribution in [-0.2, 0) is 19.1 Å². The average Bonchev–Trinajstić information content (AvgIpc) is 2.40. The van der Waals surface area contributed by atoms with E-state index < -0.39 is 17.7 Å². The van der Waals surface area contributed by atoms with Crippen LogP contribution in [0.25, 0.3) is 6.08 Å². The number of alkyl halides is 1. The van der Waals surface area contributed by atoms with Gasteiger partial charge in [-0.05, 0) is 23.8 Å². The molecule has 0 unspecified atom stereocenters. The molecule has 1 aliphatic heterocycles. The molecule has 2 rings (SSSR count). The maximum Gasteiger partial charge on any atom is 0.348 e. The first kappa shape index (κ1) is 15.6. The van der Waals surface area contributed by atoms with Crippen LogP contribution in [0.3, 0.4) is 0 Å². The molecule has 0 amide bonds. The Balaban J connectivity index is 2.23. The molecule has 0 aromatic heterocycles. The first-order valence-corrected chi connectivity index (χ1v) is 7.50. The van der Waals surface area contributed by atoms with Gasteiger partial charge in [0.15, 0.2) is 0 Å². The maximum absolute atomic E-state index is 11.9. The lowest BCUT2D eigenvalue weighted by atomic mass is 10.1. The average molecular weight is 355 g/mol. The lowest BCUT2D eigenvalue weighted by molar-refractivity contribution is -0.222. The van der Waals surface area contributed by atoms with Gasteiger partial charge in [0.25, 0.3) is 5.79 Å². The Morgan fingerprint density at radius 2 is 1.90 bits per heavy atom. The third kappa shape index (κ3) is 4.07. The summed E-state index contributed by atoms with van der Waals surface area (Å²) in [5, 5.41) is 0.714. The molecule has 0 atom stereocenters. The van der Waals surface area contributed by atoms with Gasteiger partial charge in [0.1, 0.15) is 11.3 Å². The third-order valence-corrected chi connectivity index (χ3v) is 2.96. The highest BCUT2D eigenvalue weighted by molar-refractivity contribution is 9.09. The predicted octanol–water partition coefficient (Wildman–Crippen LogP) is 2.68. The van der Waals surface area contributed by atoms with Crippen molar-refractivity contribution in [1.29, 1.82) is 0 Å². The van der Waals surface area contributed by atoms with Crippen molar-refractivity contribution in [1.82, 2.24) is 0 Å². The van der Waals surface area contributed by atoms with E-state index in [1.165, 1.54) is 19.9 Å². The van der Waals surface area contributed by atoms with E-state index >= 15 is 0 Å². The van der Waals surface area contributed by atoms with Crippen molar-refractivity contribution in [3.05, 3.63) is 35.4 Å².